The van der Waals surface area contributed by atoms with Gasteiger partial charge in [0.2, 0.25) is 0 Å². The summed E-state index contributed by atoms with van der Waals surface area (Å²) in [5.74, 6) is 0.771. The maximum absolute atomic E-state index is 5.99. The quantitative estimate of drug-likeness (QED) is 0.657. The zero-order chi connectivity index (χ0) is 15.8. The first-order valence-electron chi connectivity index (χ1n) is 7.36. The molecule has 0 fully saturated rings. The first-order valence-corrected chi connectivity index (χ1v) is 7.74. The summed E-state index contributed by atoms with van der Waals surface area (Å²) < 4.78 is 0. The Bertz CT molecular complexity index is 640. The highest BCUT2D eigenvalue weighted by atomic mass is 35.5. The normalized spacial score (nSPS) is 11.3. The van der Waals surface area contributed by atoms with Crippen LogP contribution in [0.25, 0.3) is 0 Å². The maximum Gasteiger partial charge on any atom is 0.191 e. The molecule has 0 amide bonds. The van der Waals surface area contributed by atoms with Crippen molar-refractivity contribution in [2.75, 3.05) is 6.54 Å². The molecule has 0 unspecified atom stereocenters. The minimum absolute atomic E-state index is 0.580. The number of nitrogens with zero attached hydrogens (tertiary/aromatic N) is 2. The molecule has 2 rings (SSSR count). The van der Waals surface area contributed by atoms with E-state index in [-0.39, 0.29) is 0 Å². The monoisotopic (exact) mass is 316 g/mol. The first-order chi connectivity index (χ1) is 10.7. The second-order valence-corrected chi connectivity index (χ2v) is 5.38. The lowest BCUT2D eigenvalue weighted by molar-refractivity contribution is 0.794. The predicted molar refractivity (Wildman–Crippen MR) is 92.1 cm³/mol. The van der Waals surface area contributed by atoms with Gasteiger partial charge in [0, 0.05) is 17.8 Å². The lowest BCUT2D eigenvalue weighted by atomic mass is 10.2. The van der Waals surface area contributed by atoms with Crippen LogP contribution in [0.3, 0.4) is 0 Å². The summed E-state index contributed by atoms with van der Waals surface area (Å²) in [6.07, 6.45) is 1.81. The standard InChI is InChI=1S/C17H21ClN4/c1-3-19-17(21-11-14-7-4-8-15(18)10-14)22-12-16-13(2)6-5-9-20-16/h4-10H,3,11-12H2,1-2H3,(H2,19,21,22). The maximum atomic E-state index is 5.99. The van der Waals surface area contributed by atoms with E-state index in [9.17, 15) is 0 Å². The van der Waals surface area contributed by atoms with Gasteiger partial charge < -0.3 is 10.6 Å². The number of halogens is 1. The highest BCUT2D eigenvalue weighted by Gasteiger charge is 2.02. The SMILES string of the molecule is CCNC(=NCc1cccc(Cl)c1)NCc1ncccc1C. The summed E-state index contributed by atoms with van der Waals surface area (Å²) in [4.78, 5) is 8.96. The molecule has 2 N–H and O–H groups in total. The largest absolute Gasteiger partial charge is 0.357 e. The van der Waals surface area contributed by atoms with Gasteiger partial charge in [-0.3, -0.25) is 4.98 Å². The minimum Gasteiger partial charge on any atom is -0.357 e. The van der Waals surface area contributed by atoms with E-state index in [2.05, 4.69) is 33.6 Å². The van der Waals surface area contributed by atoms with E-state index in [0.29, 0.717) is 13.1 Å². The van der Waals surface area contributed by atoms with Gasteiger partial charge in [0.15, 0.2) is 5.96 Å². The number of aryl methyl sites for hydroxylation is 1. The summed E-state index contributed by atoms with van der Waals surface area (Å²) in [5, 5.41) is 7.27. The number of aliphatic imine (C=N–C) groups is 1. The van der Waals surface area contributed by atoms with Crippen LogP contribution < -0.4 is 10.6 Å². The topological polar surface area (TPSA) is 49.3 Å². The molecular weight excluding hydrogens is 296 g/mol. The Hall–Kier alpha value is -2.07. The Morgan fingerprint density at radius 2 is 2.09 bits per heavy atom. The molecule has 0 aliphatic carbocycles. The van der Waals surface area contributed by atoms with Gasteiger partial charge in [-0.05, 0) is 43.2 Å². The molecule has 1 aromatic carbocycles. The number of benzene rings is 1. The molecule has 0 atom stereocenters. The Morgan fingerprint density at radius 1 is 1.23 bits per heavy atom. The molecule has 1 aromatic heterocycles. The summed E-state index contributed by atoms with van der Waals surface area (Å²) in [6, 6.07) is 11.7. The van der Waals surface area contributed by atoms with E-state index in [0.717, 1.165) is 28.8 Å². The van der Waals surface area contributed by atoms with Gasteiger partial charge in [0.25, 0.3) is 0 Å². The van der Waals surface area contributed by atoms with Gasteiger partial charge in [0.05, 0.1) is 18.8 Å². The van der Waals surface area contributed by atoms with Crippen molar-refractivity contribution in [1.29, 1.82) is 0 Å². The molecule has 116 valence electrons. The molecule has 0 saturated heterocycles. The summed E-state index contributed by atoms with van der Waals surface area (Å²) in [7, 11) is 0. The van der Waals surface area contributed by atoms with Crippen LogP contribution in [0.1, 0.15) is 23.7 Å². The second-order valence-electron chi connectivity index (χ2n) is 4.95. The number of hydrogen-bond acceptors (Lipinski definition) is 2. The number of hydrogen-bond donors (Lipinski definition) is 2. The van der Waals surface area contributed by atoms with E-state index in [1.807, 2.05) is 37.3 Å². The summed E-state index contributed by atoms with van der Waals surface area (Å²) >= 11 is 5.99. The molecule has 0 aliphatic rings. The van der Waals surface area contributed by atoms with Crippen molar-refractivity contribution in [3.63, 3.8) is 0 Å². The van der Waals surface area contributed by atoms with Crippen LogP contribution in [0.15, 0.2) is 47.6 Å². The fourth-order valence-corrected chi connectivity index (χ4v) is 2.23. The van der Waals surface area contributed by atoms with Crippen molar-refractivity contribution < 1.29 is 0 Å². The van der Waals surface area contributed by atoms with Crippen LogP contribution >= 0.6 is 11.6 Å². The molecular formula is C17H21ClN4. The third-order valence-corrected chi connectivity index (χ3v) is 3.43. The van der Waals surface area contributed by atoms with Gasteiger partial charge in [-0.15, -0.1) is 0 Å². The Labute approximate surface area is 136 Å². The van der Waals surface area contributed by atoms with Crippen LogP contribution in [0.4, 0.5) is 0 Å². The predicted octanol–water partition coefficient (Wildman–Crippen LogP) is 3.30. The van der Waals surface area contributed by atoms with Crippen molar-refractivity contribution in [3.8, 4) is 0 Å². The van der Waals surface area contributed by atoms with Crippen LogP contribution in [0.5, 0.6) is 0 Å². The van der Waals surface area contributed by atoms with Gasteiger partial charge in [0.1, 0.15) is 0 Å². The molecule has 4 nitrogen and oxygen atoms in total. The zero-order valence-electron chi connectivity index (χ0n) is 12.9. The number of nitrogens with one attached hydrogen (secondary N) is 2. The Balaban J connectivity index is 2.00. The molecule has 5 heteroatoms. The summed E-state index contributed by atoms with van der Waals surface area (Å²) in [5.41, 5.74) is 3.27. The molecule has 1 heterocycles. The van der Waals surface area contributed by atoms with Gasteiger partial charge in [-0.2, -0.15) is 0 Å². The van der Waals surface area contributed by atoms with Gasteiger partial charge in [-0.1, -0.05) is 29.8 Å². The minimum atomic E-state index is 0.580. The van der Waals surface area contributed by atoms with E-state index < -0.39 is 0 Å². The van der Waals surface area contributed by atoms with Crippen molar-refractivity contribution in [3.05, 3.63) is 64.4 Å². The Kier molecular flexibility index (Phi) is 6.22. The second kappa shape index (κ2) is 8.39. The van der Waals surface area contributed by atoms with Crippen molar-refractivity contribution >= 4 is 17.6 Å². The molecule has 0 spiro atoms. The average molecular weight is 317 g/mol. The molecule has 0 bridgehead atoms. The van der Waals surface area contributed by atoms with Crippen LogP contribution in [-0.2, 0) is 13.1 Å². The number of rotatable bonds is 5. The molecule has 0 aliphatic heterocycles. The van der Waals surface area contributed by atoms with Gasteiger partial charge in [-0.25, -0.2) is 4.99 Å². The van der Waals surface area contributed by atoms with Crippen LogP contribution in [0.2, 0.25) is 5.02 Å². The highest BCUT2D eigenvalue weighted by Crippen LogP contribution is 2.11. The summed E-state index contributed by atoms with van der Waals surface area (Å²) in [6.45, 7) is 6.14. The fraction of sp³-hybridized carbons (Fsp3) is 0.294. The number of aromatic nitrogens is 1. The third kappa shape index (κ3) is 5.04. The van der Waals surface area contributed by atoms with Crippen molar-refractivity contribution in [2.24, 2.45) is 4.99 Å². The number of pyridine rings is 1. The van der Waals surface area contributed by atoms with E-state index in [4.69, 9.17) is 11.6 Å². The third-order valence-electron chi connectivity index (χ3n) is 3.19. The zero-order valence-corrected chi connectivity index (χ0v) is 13.7. The molecule has 2 aromatic rings. The van der Waals surface area contributed by atoms with Crippen LogP contribution in [0, 0.1) is 6.92 Å². The molecule has 0 saturated carbocycles. The molecule has 0 radical (unpaired) electrons. The van der Waals surface area contributed by atoms with E-state index in [1.165, 1.54) is 5.56 Å². The van der Waals surface area contributed by atoms with Crippen molar-refractivity contribution in [1.82, 2.24) is 15.6 Å². The smallest absolute Gasteiger partial charge is 0.191 e. The number of guanidine groups is 1. The van der Waals surface area contributed by atoms with Gasteiger partial charge >= 0.3 is 0 Å². The van der Waals surface area contributed by atoms with Crippen molar-refractivity contribution in [2.45, 2.75) is 26.9 Å². The lowest BCUT2D eigenvalue weighted by Crippen LogP contribution is -2.37. The molecule has 22 heavy (non-hydrogen) atoms. The lowest BCUT2D eigenvalue weighted by Gasteiger charge is -2.12. The highest BCUT2D eigenvalue weighted by molar-refractivity contribution is 6.30. The van der Waals surface area contributed by atoms with E-state index >= 15 is 0 Å². The fourth-order valence-electron chi connectivity index (χ4n) is 2.02. The van der Waals surface area contributed by atoms with Crippen LogP contribution in [-0.4, -0.2) is 17.5 Å². The average Bonchev–Trinajstić information content (AvgIpc) is 2.51. The Morgan fingerprint density at radius 3 is 2.82 bits per heavy atom. The first kappa shape index (κ1) is 16.3. The van der Waals surface area contributed by atoms with E-state index in [1.54, 1.807) is 6.20 Å².